The normalized spacial score (nSPS) is 15.7. The molecule has 0 saturated carbocycles. The third-order valence-corrected chi connectivity index (χ3v) is 10.7. The van der Waals surface area contributed by atoms with Crippen LogP contribution in [0.2, 0.25) is 0 Å². The van der Waals surface area contributed by atoms with Crippen molar-refractivity contribution in [1.82, 2.24) is 0 Å². The van der Waals surface area contributed by atoms with E-state index in [1.54, 1.807) is 0 Å². The Bertz CT molecular complexity index is 1900. The van der Waals surface area contributed by atoms with Crippen molar-refractivity contribution in [2.24, 2.45) is 0 Å². The van der Waals surface area contributed by atoms with Gasteiger partial charge in [0.25, 0.3) is 0 Å². The number of fused-ring (bicyclic) bond motifs is 3. The van der Waals surface area contributed by atoms with Crippen molar-refractivity contribution in [1.29, 1.82) is 0 Å². The fourth-order valence-corrected chi connectivity index (χ4v) is 8.19. The summed E-state index contributed by atoms with van der Waals surface area (Å²) in [5, 5.41) is 0. The maximum atomic E-state index is 2.57. The fourth-order valence-electron chi connectivity index (χ4n) is 8.19. The van der Waals surface area contributed by atoms with Gasteiger partial charge in [-0.25, -0.2) is 0 Å². The highest BCUT2D eigenvalue weighted by Gasteiger charge is 2.47. The molecule has 0 aliphatic heterocycles. The highest BCUT2D eigenvalue weighted by atomic mass is 14.5. The lowest BCUT2D eigenvalue weighted by Gasteiger charge is -2.40. The van der Waals surface area contributed by atoms with Crippen LogP contribution in [0, 0.1) is 6.92 Å². The molecule has 0 heterocycles. The molecular weight excluding hydrogens is 565 g/mol. The van der Waals surface area contributed by atoms with Crippen molar-refractivity contribution in [2.75, 3.05) is 0 Å². The van der Waals surface area contributed by atoms with Crippen LogP contribution in [0.15, 0.2) is 133 Å². The minimum atomic E-state index is -0.244. The molecule has 0 spiro atoms. The molecular formula is C47H48. The third-order valence-electron chi connectivity index (χ3n) is 10.7. The van der Waals surface area contributed by atoms with Crippen LogP contribution < -0.4 is 0 Å². The van der Waals surface area contributed by atoms with E-state index < -0.39 is 0 Å². The smallest absolute Gasteiger partial charge is 0.0249 e. The van der Waals surface area contributed by atoms with Crippen LogP contribution in [-0.4, -0.2) is 0 Å². The number of aryl methyl sites for hydroxylation is 1. The molecule has 1 atom stereocenters. The summed E-state index contributed by atoms with van der Waals surface area (Å²) in [6, 6.07) is 41.7. The first-order chi connectivity index (χ1) is 22.4. The van der Waals surface area contributed by atoms with Gasteiger partial charge in [0.05, 0.1) is 0 Å². The largest absolute Gasteiger partial charge is 0.0804 e. The second-order valence-electron chi connectivity index (χ2n) is 16.0. The van der Waals surface area contributed by atoms with Gasteiger partial charge < -0.3 is 0 Å². The summed E-state index contributed by atoms with van der Waals surface area (Å²) in [4.78, 5) is 0. The number of benzene rings is 5. The quantitative estimate of drug-likeness (QED) is 0.185. The molecule has 0 saturated heterocycles. The zero-order valence-corrected chi connectivity index (χ0v) is 29.4. The topological polar surface area (TPSA) is 0 Å². The van der Waals surface area contributed by atoms with Crippen LogP contribution in [0.4, 0.5) is 0 Å². The molecule has 0 radical (unpaired) electrons. The van der Waals surface area contributed by atoms with E-state index in [-0.39, 0.29) is 22.2 Å². The predicted octanol–water partition coefficient (Wildman–Crippen LogP) is 12.9. The predicted molar refractivity (Wildman–Crippen MR) is 202 cm³/mol. The maximum absolute atomic E-state index is 2.57. The van der Waals surface area contributed by atoms with Gasteiger partial charge in [0.15, 0.2) is 0 Å². The molecule has 1 unspecified atom stereocenters. The lowest BCUT2D eigenvalue weighted by atomic mass is 9.62. The number of hydrogen-bond donors (Lipinski definition) is 0. The number of hydrogen-bond acceptors (Lipinski definition) is 0. The van der Waals surface area contributed by atoms with E-state index in [2.05, 4.69) is 183 Å². The van der Waals surface area contributed by atoms with Crippen molar-refractivity contribution >= 4 is 0 Å². The van der Waals surface area contributed by atoms with Crippen molar-refractivity contribution in [3.8, 4) is 33.4 Å². The molecule has 236 valence electrons. The van der Waals surface area contributed by atoms with Crippen molar-refractivity contribution in [2.45, 2.75) is 84.0 Å². The Hall–Kier alpha value is -4.42. The van der Waals surface area contributed by atoms with Gasteiger partial charge in [-0.1, -0.05) is 163 Å². The highest BCUT2D eigenvalue weighted by Crippen LogP contribution is 2.60. The molecule has 2 aliphatic rings. The minimum Gasteiger partial charge on any atom is -0.0804 e. The molecule has 0 aromatic heterocycles. The van der Waals surface area contributed by atoms with Crippen LogP contribution in [0.3, 0.4) is 0 Å². The van der Waals surface area contributed by atoms with Gasteiger partial charge in [-0.15, -0.1) is 0 Å². The molecule has 0 amide bonds. The maximum Gasteiger partial charge on any atom is 0.0249 e. The second kappa shape index (κ2) is 11.4. The SMILES string of the molecule is Cc1ccc(C(C)(C2=CC=CC2)C2c3cc(-c4ccccc4)c(C(C)(C)C)cc3-c3cc(C(C)(C)C)c(-c4ccccc4)cc32)cc1. The van der Waals surface area contributed by atoms with Crippen LogP contribution in [0.5, 0.6) is 0 Å². The lowest BCUT2D eigenvalue weighted by Crippen LogP contribution is -2.32. The van der Waals surface area contributed by atoms with Crippen molar-refractivity contribution < 1.29 is 0 Å². The molecule has 0 heteroatoms. The van der Waals surface area contributed by atoms with E-state index in [0.717, 1.165) is 6.42 Å². The molecule has 0 fully saturated rings. The van der Waals surface area contributed by atoms with Crippen LogP contribution in [0.1, 0.15) is 94.2 Å². The first-order valence-corrected chi connectivity index (χ1v) is 17.3. The Morgan fingerprint density at radius 3 is 1.40 bits per heavy atom. The monoisotopic (exact) mass is 612 g/mol. The van der Waals surface area contributed by atoms with E-state index in [9.17, 15) is 0 Å². The summed E-state index contributed by atoms with van der Waals surface area (Å²) in [7, 11) is 0. The average Bonchev–Trinajstić information content (AvgIpc) is 3.71. The van der Waals surface area contributed by atoms with Crippen LogP contribution in [-0.2, 0) is 16.2 Å². The van der Waals surface area contributed by atoms with Gasteiger partial charge in [0.2, 0.25) is 0 Å². The Kier molecular flexibility index (Phi) is 7.55. The van der Waals surface area contributed by atoms with E-state index in [1.165, 1.54) is 72.3 Å². The van der Waals surface area contributed by atoms with E-state index in [1.807, 2.05) is 0 Å². The molecule has 2 aliphatic carbocycles. The molecule has 47 heavy (non-hydrogen) atoms. The Labute approximate surface area is 282 Å². The van der Waals surface area contributed by atoms with E-state index >= 15 is 0 Å². The fraction of sp³-hybridized carbons (Fsp3) is 0.277. The first-order valence-electron chi connectivity index (χ1n) is 17.3. The Balaban J connectivity index is 1.61. The van der Waals surface area contributed by atoms with Crippen LogP contribution in [0.25, 0.3) is 33.4 Å². The summed E-state index contributed by atoms with van der Waals surface area (Å²) < 4.78 is 0. The second-order valence-corrected chi connectivity index (χ2v) is 16.0. The number of allylic oxidation sites excluding steroid dienone is 4. The third kappa shape index (κ3) is 5.33. The van der Waals surface area contributed by atoms with E-state index in [4.69, 9.17) is 0 Å². The number of rotatable bonds is 5. The summed E-state index contributed by atoms with van der Waals surface area (Å²) in [6.07, 6.45) is 7.95. The summed E-state index contributed by atoms with van der Waals surface area (Å²) >= 11 is 0. The van der Waals surface area contributed by atoms with Gasteiger partial charge in [-0.05, 0) is 110 Å². The summed E-state index contributed by atoms with van der Waals surface area (Å²) in [6.45, 7) is 18.9. The van der Waals surface area contributed by atoms with Crippen LogP contribution >= 0.6 is 0 Å². The lowest BCUT2D eigenvalue weighted by molar-refractivity contribution is 0.487. The summed E-state index contributed by atoms with van der Waals surface area (Å²) in [5.41, 5.74) is 17.6. The Morgan fingerprint density at radius 2 is 1.00 bits per heavy atom. The molecule has 0 nitrogen and oxygen atoms in total. The minimum absolute atomic E-state index is 0.0204. The van der Waals surface area contributed by atoms with E-state index in [0.29, 0.717) is 0 Å². The average molecular weight is 613 g/mol. The van der Waals surface area contributed by atoms with Gasteiger partial charge in [-0.3, -0.25) is 0 Å². The Morgan fingerprint density at radius 1 is 0.532 bits per heavy atom. The standard InChI is InChI=1S/C47H48/c1-31-23-25-35(26-24-31)47(8,34-21-15-16-22-34)44-40-27-36(32-17-11-9-12-18-32)42(45(2,3)4)29-38(40)39-30-43(46(5,6)7)37(28-41(39)44)33-19-13-10-14-20-33/h9-21,23-30,44H,22H2,1-8H3. The first kappa shape index (κ1) is 31.2. The highest BCUT2D eigenvalue weighted by molar-refractivity contribution is 5.88. The van der Waals surface area contributed by atoms with Crippen molar-refractivity contribution in [3.05, 3.63) is 166 Å². The molecule has 0 N–H and O–H groups in total. The molecule has 5 aromatic rings. The molecule has 0 bridgehead atoms. The molecule has 5 aromatic carbocycles. The van der Waals surface area contributed by atoms with Gasteiger partial charge in [-0.2, -0.15) is 0 Å². The van der Waals surface area contributed by atoms with Crippen molar-refractivity contribution in [3.63, 3.8) is 0 Å². The van der Waals surface area contributed by atoms with Gasteiger partial charge in [0.1, 0.15) is 0 Å². The summed E-state index contributed by atoms with van der Waals surface area (Å²) in [5.74, 6) is 0.148. The van der Waals surface area contributed by atoms with Gasteiger partial charge >= 0.3 is 0 Å². The van der Waals surface area contributed by atoms with Gasteiger partial charge in [0, 0.05) is 11.3 Å². The zero-order chi connectivity index (χ0) is 33.1. The molecule has 7 rings (SSSR count). The zero-order valence-electron chi connectivity index (χ0n) is 29.4.